The van der Waals surface area contributed by atoms with E-state index in [1.54, 1.807) is 4.68 Å². The van der Waals surface area contributed by atoms with Gasteiger partial charge in [-0.25, -0.2) is 4.68 Å². The Bertz CT molecular complexity index is 1150. The lowest BCUT2D eigenvalue weighted by molar-refractivity contribution is -0.121. The highest BCUT2D eigenvalue weighted by Gasteiger charge is 2.29. The molecule has 0 spiro atoms. The summed E-state index contributed by atoms with van der Waals surface area (Å²) >= 11 is 0. The van der Waals surface area contributed by atoms with E-state index >= 15 is 0 Å². The Morgan fingerprint density at radius 3 is 2.68 bits per heavy atom. The van der Waals surface area contributed by atoms with Crippen molar-refractivity contribution in [3.8, 4) is 6.07 Å². The summed E-state index contributed by atoms with van der Waals surface area (Å²) in [6, 6.07) is 17.6. The van der Waals surface area contributed by atoms with Gasteiger partial charge in [-0.3, -0.25) is 9.59 Å². The lowest BCUT2D eigenvalue weighted by atomic mass is 9.95. The normalized spacial score (nSPS) is 14.4. The molecule has 1 aromatic heterocycles. The topological polar surface area (TPSA) is 91.0 Å². The van der Waals surface area contributed by atoms with Crippen LogP contribution in [0.1, 0.15) is 35.3 Å². The minimum absolute atomic E-state index is 0.0147. The molecule has 1 aliphatic heterocycles. The number of anilines is 1. The first-order valence-electron chi connectivity index (χ1n) is 10.6. The number of hydrogen-bond donors (Lipinski definition) is 1. The molecule has 1 N–H and O–H groups in total. The largest absolute Gasteiger partial charge is 0.339 e. The summed E-state index contributed by atoms with van der Waals surface area (Å²) in [5.41, 5.74) is 1.50. The molecule has 0 bridgehead atoms. The summed E-state index contributed by atoms with van der Waals surface area (Å²) in [5, 5.41) is 18.1. The fourth-order valence-electron chi connectivity index (χ4n) is 4.13. The molecule has 7 heteroatoms. The Kier molecular flexibility index (Phi) is 5.99. The second kappa shape index (κ2) is 9.00. The maximum absolute atomic E-state index is 13.1. The summed E-state index contributed by atoms with van der Waals surface area (Å²) in [5.74, 6) is 0.416. The molecule has 0 atom stereocenters. The van der Waals surface area contributed by atoms with Gasteiger partial charge in [0, 0.05) is 30.6 Å². The Morgan fingerprint density at radius 1 is 1.16 bits per heavy atom. The van der Waals surface area contributed by atoms with Gasteiger partial charge in [0.2, 0.25) is 5.91 Å². The zero-order chi connectivity index (χ0) is 21.8. The molecule has 0 aliphatic carbocycles. The highest BCUT2D eigenvalue weighted by atomic mass is 16.2. The quantitative estimate of drug-likeness (QED) is 0.687. The number of nitrogens with one attached hydrogen (secondary N) is 1. The van der Waals surface area contributed by atoms with Crippen LogP contribution in [-0.4, -0.2) is 39.6 Å². The summed E-state index contributed by atoms with van der Waals surface area (Å²) < 4.78 is 1.66. The average Bonchev–Trinajstić information content (AvgIpc) is 3.15. The minimum atomic E-state index is -0.156. The molecule has 7 nitrogen and oxygen atoms in total. The monoisotopic (exact) mass is 415 g/mol. The number of fused-ring (bicyclic) bond motifs is 1. The van der Waals surface area contributed by atoms with Crippen LogP contribution in [0.4, 0.5) is 5.82 Å². The van der Waals surface area contributed by atoms with Gasteiger partial charge in [0.1, 0.15) is 5.82 Å². The molecule has 0 radical (unpaired) electrons. The van der Waals surface area contributed by atoms with Crippen LogP contribution in [0.15, 0.2) is 48.5 Å². The third-order valence-electron chi connectivity index (χ3n) is 5.76. The average molecular weight is 415 g/mol. The van der Waals surface area contributed by atoms with Crippen molar-refractivity contribution in [2.24, 2.45) is 5.92 Å². The molecule has 2 aromatic carbocycles. The zero-order valence-corrected chi connectivity index (χ0v) is 17.5. The van der Waals surface area contributed by atoms with Gasteiger partial charge in [-0.15, -0.1) is 0 Å². The zero-order valence-electron chi connectivity index (χ0n) is 17.5. The molecule has 2 heterocycles. The van der Waals surface area contributed by atoms with Crippen molar-refractivity contribution in [3.05, 3.63) is 59.8 Å². The number of hydrogen-bond acceptors (Lipinski definition) is 4. The van der Waals surface area contributed by atoms with Gasteiger partial charge in [0.25, 0.3) is 5.91 Å². The second-order valence-electron chi connectivity index (χ2n) is 7.88. The van der Waals surface area contributed by atoms with Gasteiger partial charge in [-0.05, 0) is 36.6 Å². The predicted octanol–water partition coefficient (Wildman–Crippen LogP) is 3.75. The Balaban J connectivity index is 1.39. The number of benzene rings is 2. The number of likely N-dealkylation sites (tertiary alicyclic amines) is 1. The van der Waals surface area contributed by atoms with Crippen molar-refractivity contribution in [2.45, 2.75) is 32.7 Å². The third-order valence-corrected chi connectivity index (χ3v) is 5.76. The maximum atomic E-state index is 13.1. The van der Waals surface area contributed by atoms with Crippen molar-refractivity contribution >= 4 is 28.4 Å². The van der Waals surface area contributed by atoms with Gasteiger partial charge in [-0.2, -0.15) is 10.4 Å². The Morgan fingerprint density at radius 2 is 1.90 bits per heavy atom. The molecule has 0 unspecified atom stereocenters. The number of nitriles is 1. The number of rotatable bonds is 5. The highest BCUT2D eigenvalue weighted by Crippen LogP contribution is 2.24. The number of carbonyl (C=O) groups is 2. The van der Waals surface area contributed by atoms with Crippen LogP contribution in [0.2, 0.25) is 0 Å². The Labute approximate surface area is 181 Å². The van der Waals surface area contributed by atoms with Crippen molar-refractivity contribution in [3.63, 3.8) is 0 Å². The van der Waals surface area contributed by atoms with E-state index in [0.717, 1.165) is 16.5 Å². The van der Waals surface area contributed by atoms with E-state index in [1.165, 1.54) is 0 Å². The fourth-order valence-corrected chi connectivity index (χ4v) is 4.13. The lowest BCUT2D eigenvalue weighted by Crippen LogP contribution is -2.41. The van der Waals surface area contributed by atoms with Gasteiger partial charge in [0.15, 0.2) is 0 Å². The smallest absolute Gasteiger partial charge is 0.254 e. The standard InChI is InChI=1S/C24H25N5O2/c1-17-16-22(29(27-17)13-5-12-25)26-23(30)19-10-14-28(15-11-19)24(31)21-9-4-7-18-6-2-3-8-20(18)21/h2-4,6-9,16,19H,5,10-11,13-15H2,1H3,(H,26,30). The first-order valence-corrected chi connectivity index (χ1v) is 10.6. The molecule has 3 aromatic rings. The van der Waals surface area contributed by atoms with Crippen LogP contribution in [0, 0.1) is 24.2 Å². The van der Waals surface area contributed by atoms with Crippen molar-refractivity contribution in [1.29, 1.82) is 5.26 Å². The van der Waals surface area contributed by atoms with Crippen LogP contribution >= 0.6 is 0 Å². The summed E-state index contributed by atoms with van der Waals surface area (Å²) in [6.07, 6.45) is 1.57. The molecule has 0 saturated carbocycles. The SMILES string of the molecule is Cc1cc(NC(=O)C2CCN(C(=O)c3cccc4ccccc34)CC2)n(CCC#N)n1. The molecule has 31 heavy (non-hydrogen) atoms. The number of carbonyl (C=O) groups excluding carboxylic acids is 2. The van der Waals surface area contributed by atoms with E-state index in [9.17, 15) is 9.59 Å². The summed E-state index contributed by atoms with van der Waals surface area (Å²) in [4.78, 5) is 27.8. The van der Waals surface area contributed by atoms with E-state index < -0.39 is 0 Å². The summed E-state index contributed by atoms with van der Waals surface area (Å²) in [6.45, 7) is 3.40. The molecular weight excluding hydrogens is 390 g/mol. The molecule has 1 saturated heterocycles. The summed E-state index contributed by atoms with van der Waals surface area (Å²) in [7, 11) is 0. The number of aromatic nitrogens is 2. The van der Waals surface area contributed by atoms with Gasteiger partial charge in [-0.1, -0.05) is 36.4 Å². The first-order chi connectivity index (χ1) is 15.1. The maximum Gasteiger partial charge on any atom is 0.254 e. The first kappa shape index (κ1) is 20.6. The van der Waals surface area contributed by atoms with Gasteiger partial charge >= 0.3 is 0 Å². The van der Waals surface area contributed by atoms with Crippen molar-refractivity contribution in [2.75, 3.05) is 18.4 Å². The van der Waals surface area contributed by atoms with Crippen LogP contribution in [0.3, 0.4) is 0 Å². The number of nitrogens with zero attached hydrogens (tertiary/aromatic N) is 4. The number of aryl methyl sites for hydroxylation is 2. The van der Waals surface area contributed by atoms with E-state index in [2.05, 4.69) is 16.5 Å². The van der Waals surface area contributed by atoms with Gasteiger partial charge < -0.3 is 10.2 Å². The van der Waals surface area contributed by atoms with Crippen molar-refractivity contribution in [1.82, 2.24) is 14.7 Å². The minimum Gasteiger partial charge on any atom is -0.339 e. The van der Waals surface area contributed by atoms with E-state index in [0.29, 0.717) is 50.3 Å². The predicted molar refractivity (Wildman–Crippen MR) is 118 cm³/mol. The van der Waals surface area contributed by atoms with Crippen LogP contribution in [0.5, 0.6) is 0 Å². The van der Waals surface area contributed by atoms with E-state index in [-0.39, 0.29) is 17.7 Å². The second-order valence-corrected chi connectivity index (χ2v) is 7.88. The molecular formula is C24H25N5O2. The van der Waals surface area contributed by atoms with Crippen LogP contribution in [-0.2, 0) is 11.3 Å². The molecule has 158 valence electrons. The fraction of sp³-hybridized carbons (Fsp3) is 0.333. The molecule has 1 aliphatic rings. The molecule has 4 rings (SSSR count). The van der Waals surface area contributed by atoms with Gasteiger partial charge in [0.05, 0.1) is 24.7 Å². The van der Waals surface area contributed by atoms with Crippen LogP contribution < -0.4 is 5.32 Å². The van der Waals surface area contributed by atoms with E-state index in [4.69, 9.17) is 5.26 Å². The Hall–Kier alpha value is -3.66. The number of amides is 2. The van der Waals surface area contributed by atoms with Crippen LogP contribution in [0.25, 0.3) is 10.8 Å². The highest BCUT2D eigenvalue weighted by molar-refractivity contribution is 6.07. The lowest BCUT2D eigenvalue weighted by Gasteiger charge is -2.31. The molecule has 1 fully saturated rings. The third kappa shape index (κ3) is 4.43. The molecule has 2 amide bonds. The van der Waals surface area contributed by atoms with E-state index in [1.807, 2.05) is 60.4 Å². The number of piperidine rings is 1. The van der Waals surface area contributed by atoms with Crippen molar-refractivity contribution < 1.29 is 9.59 Å².